The Balaban J connectivity index is 1.99. The average molecular weight is 229 g/mol. The molecule has 1 N–H and O–H groups in total. The summed E-state index contributed by atoms with van der Waals surface area (Å²) < 4.78 is 25.5. The van der Waals surface area contributed by atoms with Crippen LogP contribution in [0.2, 0.25) is 0 Å². The number of nitrogens with zero attached hydrogens (tertiary/aromatic N) is 2. The molecule has 0 aromatic rings. The van der Waals surface area contributed by atoms with E-state index in [4.69, 9.17) is 5.26 Å². The van der Waals surface area contributed by atoms with Crippen molar-refractivity contribution in [1.82, 2.24) is 9.62 Å². The van der Waals surface area contributed by atoms with Gasteiger partial charge in [-0.2, -0.15) is 5.26 Å². The molecule has 2 fully saturated rings. The van der Waals surface area contributed by atoms with Gasteiger partial charge in [0.25, 0.3) is 0 Å². The molecule has 84 valence electrons. The Morgan fingerprint density at radius 3 is 2.93 bits per heavy atom. The monoisotopic (exact) mass is 229 g/mol. The molecule has 0 aliphatic carbocycles. The highest BCUT2D eigenvalue weighted by Crippen LogP contribution is 2.28. The van der Waals surface area contributed by atoms with Gasteiger partial charge in [0.2, 0.25) is 10.0 Å². The predicted molar refractivity (Wildman–Crippen MR) is 55.5 cm³/mol. The van der Waals surface area contributed by atoms with Crippen molar-refractivity contribution in [2.75, 3.05) is 18.8 Å². The third kappa shape index (κ3) is 2.30. The molecule has 0 saturated carbocycles. The maximum Gasteiger partial charge on any atom is 0.225 e. The maximum absolute atomic E-state index is 11.4. The van der Waals surface area contributed by atoms with Crippen LogP contribution in [0.4, 0.5) is 0 Å². The van der Waals surface area contributed by atoms with Crippen LogP contribution in [0.25, 0.3) is 0 Å². The SMILES string of the molecule is N#CCS(=O)(=O)NC1CCN2CCCC12. The van der Waals surface area contributed by atoms with Gasteiger partial charge in [-0.3, -0.25) is 4.90 Å². The summed E-state index contributed by atoms with van der Waals surface area (Å²) in [5, 5.41) is 8.38. The molecule has 5 nitrogen and oxygen atoms in total. The topological polar surface area (TPSA) is 73.2 Å². The van der Waals surface area contributed by atoms with Crippen LogP contribution in [0.1, 0.15) is 19.3 Å². The lowest BCUT2D eigenvalue weighted by Gasteiger charge is -2.20. The Bertz CT molecular complexity index is 373. The zero-order valence-electron chi connectivity index (χ0n) is 8.52. The van der Waals surface area contributed by atoms with Crippen LogP contribution in [-0.2, 0) is 10.0 Å². The van der Waals surface area contributed by atoms with Crippen LogP contribution in [-0.4, -0.2) is 44.2 Å². The van der Waals surface area contributed by atoms with Gasteiger partial charge in [0.1, 0.15) is 0 Å². The second kappa shape index (κ2) is 4.08. The fourth-order valence-electron chi connectivity index (χ4n) is 2.58. The molecular formula is C9H15N3O2S. The molecule has 2 aliphatic rings. The zero-order valence-corrected chi connectivity index (χ0v) is 9.33. The first-order chi connectivity index (χ1) is 7.12. The summed E-state index contributed by atoms with van der Waals surface area (Å²) in [6, 6.07) is 2.06. The van der Waals surface area contributed by atoms with Crippen LogP contribution in [0.5, 0.6) is 0 Å². The van der Waals surface area contributed by atoms with Gasteiger partial charge in [-0.1, -0.05) is 0 Å². The number of nitrogens with one attached hydrogen (secondary N) is 1. The van der Waals surface area contributed by atoms with Gasteiger partial charge >= 0.3 is 0 Å². The van der Waals surface area contributed by atoms with Crippen molar-refractivity contribution >= 4 is 10.0 Å². The van der Waals surface area contributed by atoms with E-state index in [2.05, 4.69) is 9.62 Å². The summed E-state index contributed by atoms with van der Waals surface area (Å²) in [6.07, 6.45) is 3.09. The second-order valence-corrected chi connectivity index (χ2v) is 5.93. The molecule has 2 aliphatic heterocycles. The normalized spacial score (nSPS) is 31.4. The Hall–Kier alpha value is -0.640. The van der Waals surface area contributed by atoms with Crippen molar-refractivity contribution in [3.63, 3.8) is 0 Å². The van der Waals surface area contributed by atoms with Gasteiger partial charge < -0.3 is 0 Å². The number of hydrogen-bond acceptors (Lipinski definition) is 4. The minimum absolute atomic E-state index is 0.0193. The summed E-state index contributed by atoms with van der Waals surface area (Å²) in [4.78, 5) is 2.33. The van der Waals surface area contributed by atoms with E-state index < -0.39 is 15.8 Å². The standard InChI is InChI=1S/C9H15N3O2S/c10-4-7-15(13,14)11-8-3-6-12-5-1-2-9(8)12/h8-9,11H,1-3,5-7H2. The van der Waals surface area contributed by atoms with Crippen LogP contribution >= 0.6 is 0 Å². The van der Waals surface area contributed by atoms with Gasteiger partial charge in [-0.25, -0.2) is 13.1 Å². The summed E-state index contributed by atoms with van der Waals surface area (Å²) >= 11 is 0. The van der Waals surface area contributed by atoms with E-state index in [1.54, 1.807) is 6.07 Å². The minimum atomic E-state index is -3.39. The van der Waals surface area contributed by atoms with Gasteiger partial charge in [0.05, 0.1) is 6.07 Å². The van der Waals surface area contributed by atoms with Gasteiger partial charge in [-0.05, 0) is 25.8 Å². The number of hydrogen-bond donors (Lipinski definition) is 1. The smallest absolute Gasteiger partial charge is 0.225 e. The van der Waals surface area contributed by atoms with Crippen LogP contribution in [0.3, 0.4) is 0 Å². The molecule has 0 aromatic heterocycles. The number of sulfonamides is 1. The van der Waals surface area contributed by atoms with Gasteiger partial charge in [0.15, 0.2) is 5.75 Å². The van der Waals surface area contributed by atoms with Crippen molar-refractivity contribution in [1.29, 1.82) is 5.26 Å². The van der Waals surface area contributed by atoms with Gasteiger partial charge in [0, 0.05) is 18.6 Å². The van der Waals surface area contributed by atoms with Crippen LogP contribution in [0, 0.1) is 11.3 Å². The Labute approximate surface area is 90.1 Å². The fourth-order valence-corrected chi connectivity index (χ4v) is 3.57. The molecular weight excluding hydrogens is 214 g/mol. The molecule has 0 amide bonds. The molecule has 2 atom stereocenters. The third-order valence-electron chi connectivity index (χ3n) is 3.19. The quantitative estimate of drug-likeness (QED) is 0.719. The lowest BCUT2D eigenvalue weighted by Crippen LogP contribution is -2.43. The van der Waals surface area contributed by atoms with Gasteiger partial charge in [-0.15, -0.1) is 0 Å². The van der Waals surface area contributed by atoms with E-state index in [1.807, 2.05) is 0 Å². The number of fused-ring (bicyclic) bond motifs is 1. The van der Waals surface area contributed by atoms with Crippen molar-refractivity contribution in [3.05, 3.63) is 0 Å². The molecule has 2 saturated heterocycles. The fraction of sp³-hybridized carbons (Fsp3) is 0.889. The van der Waals surface area contributed by atoms with E-state index in [0.29, 0.717) is 6.04 Å². The molecule has 15 heavy (non-hydrogen) atoms. The highest BCUT2D eigenvalue weighted by molar-refractivity contribution is 7.89. The molecule has 6 heteroatoms. The lowest BCUT2D eigenvalue weighted by molar-refractivity contribution is 0.309. The molecule has 2 unspecified atom stereocenters. The number of nitriles is 1. The van der Waals surface area contributed by atoms with E-state index in [-0.39, 0.29) is 6.04 Å². The molecule has 0 aromatic carbocycles. The Morgan fingerprint density at radius 1 is 1.40 bits per heavy atom. The lowest BCUT2D eigenvalue weighted by atomic mass is 10.1. The van der Waals surface area contributed by atoms with Crippen molar-refractivity contribution in [3.8, 4) is 6.07 Å². The van der Waals surface area contributed by atoms with E-state index in [1.165, 1.54) is 0 Å². The first-order valence-electron chi connectivity index (χ1n) is 5.23. The minimum Gasteiger partial charge on any atom is -0.299 e. The summed E-state index contributed by atoms with van der Waals surface area (Å²) in [5.74, 6) is -0.434. The maximum atomic E-state index is 11.4. The third-order valence-corrected chi connectivity index (χ3v) is 4.36. The largest absolute Gasteiger partial charge is 0.299 e. The zero-order chi connectivity index (χ0) is 10.9. The number of rotatable bonds is 3. The predicted octanol–water partition coefficient (Wildman–Crippen LogP) is -0.334. The molecule has 0 spiro atoms. The van der Waals surface area contributed by atoms with Crippen LogP contribution in [0.15, 0.2) is 0 Å². The highest BCUT2D eigenvalue weighted by Gasteiger charge is 2.38. The van der Waals surface area contributed by atoms with Crippen molar-refractivity contribution in [2.24, 2.45) is 0 Å². The molecule has 0 radical (unpaired) electrons. The summed E-state index contributed by atoms with van der Waals surface area (Å²) in [7, 11) is -3.39. The van der Waals surface area contributed by atoms with Crippen molar-refractivity contribution < 1.29 is 8.42 Å². The molecule has 2 rings (SSSR count). The van der Waals surface area contributed by atoms with Crippen molar-refractivity contribution in [2.45, 2.75) is 31.3 Å². The Kier molecular flexibility index (Phi) is 2.96. The summed E-state index contributed by atoms with van der Waals surface area (Å²) in [6.45, 7) is 2.06. The van der Waals surface area contributed by atoms with E-state index in [0.717, 1.165) is 32.4 Å². The molecule has 2 heterocycles. The first kappa shape index (κ1) is 10.9. The first-order valence-corrected chi connectivity index (χ1v) is 6.88. The Morgan fingerprint density at radius 2 is 2.20 bits per heavy atom. The second-order valence-electron chi connectivity index (χ2n) is 4.18. The summed E-state index contributed by atoms with van der Waals surface area (Å²) in [5.41, 5.74) is 0. The van der Waals surface area contributed by atoms with E-state index in [9.17, 15) is 8.42 Å². The van der Waals surface area contributed by atoms with Crippen LogP contribution < -0.4 is 4.72 Å². The highest BCUT2D eigenvalue weighted by atomic mass is 32.2. The average Bonchev–Trinajstić information content (AvgIpc) is 2.69. The van der Waals surface area contributed by atoms with E-state index >= 15 is 0 Å². The molecule has 0 bridgehead atoms.